The Bertz CT molecular complexity index is 445. The zero-order valence-corrected chi connectivity index (χ0v) is 12.7. The normalized spacial score (nSPS) is 22.2. The smallest absolute Gasteiger partial charge is 0.135 e. The van der Waals surface area contributed by atoms with Gasteiger partial charge in [0.25, 0.3) is 0 Å². The first-order valence-corrected chi connectivity index (χ1v) is 7.01. The Morgan fingerprint density at radius 3 is 2.70 bits per heavy atom. The minimum atomic E-state index is -0.251. The maximum atomic E-state index is 5.63. The molecule has 1 atom stereocenters. The number of rotatable bonds is 6. The quantitative estimate of drug-likeness (QED) is 0.829. The van der Waals surface area contributed by atoms with Gasteiger partial charge in [-0.25, -0.2) is 9.97 Å². The maximum absolute atomic E-state index is 5.63. The van der Waals surface area contributed by atoms with Crippen LogP contribution in [0.5, 0.6) is 0 Å². The van der Waals surface area contributed by atoms with Crippen LogP contribution in [0, 0.1) is 0 Å². The molecule has 0 radical (unpaired) electrons. The van der Waals surface area contributed by atoms with Gasteiger partial charge in [0.1, 0.15) is 23.6 Å². The summed E-state index contributed by atoms with van der Waals surface area (Å²) in [6.07, 6.45) is 2.47. The molecule has 1 fully saturated rings. The molecule has 2 N–H and O–H groups in total. The van der Waals surface area contributed by atoms with Crippen LogP contribution in [0.3, 0.4) is 0 Å². The molecule has 0 saturated carbocycles. The molecule has 0 bridgehead atoms. The first-order valence-electron chi connectivity index (χ1n) is 7.01. The van der Waals surface area contributed by atoms with E-state index in [4.69, 9.17) is 9.47 Å². The SMILES string of the molecule is CNc1ncnc(NCC2(OC)CCOC2)c1C(C)C. The van der Waals surface area contributed by atoms with Crippen molar-refractivity contribution in [3.05, 3.63) is 11.9 Å². The number of methoxy groups -OCH3 is 1. The first-order chi connectivity index (χ1) is 9.62. The van der Waals surface area contributed by atoms with Crippen molar-refractivity contribution >= 4 is 11.6 Å². The third-order valence-corrected chi connectivity index (χ3v) is 3.78. The molecule has 0 aromatic carbocycles. The van der Waals surface area contributed by atoms with Gasteiger partial charge in [0.05, 0.1) is 6.61 Å². The van der Waals surface area contributed by atoms with Crippen LogP contribution in [0.2, 0.25) is 0 Å². The predicted molar refractivity (Wildman–Crippen MR) is 79.3 cm³/mol. The van der Waals surface area contributed by atoms with E-state index < -0.39 is 0 Å². The Labute approximate surface area is 120 Å². The fraction of sp³-hybridized carbons (Fsp3) is 0.714. The highest BCUT2D eigenvalue weighted by Crippen LogP contribution is 2.29. The van der Waals surface area contributed by atoms with Gasteiger partial charge < -0.3 is 20.1 Å². The molecular weight excluding hydrogens is 256 g/mol. The molecule has 2 heterocycles. The van der Waals surface area contributed by atoms with Crippen molar-refractivity contribution in [2.45, 2.75) is 31.8 Å². The lowest BCUT2D eigenvalue weighted by atomic mass is 10.0. The number of ether oxygens (including phenoxy) is 2. The van der Waals surface area contributed by atoms with Crippen LogP contribution in [0.15, 0.2) is 6.33 Å². The van der Waals surface area contributed by atoms with Crippen molar-refractivity contribution in [2.24, 2.45) is 0 Å². The van der Waals surface area contributed by atoms with Gasteiger partial charge in [0, 0.05) is 39.3 Å². The standard InChI is InChI=1S/C14H24N4O2/c1-10(2)11-12(15-3)17-9-18-13(11)16-7-14(19-4)5-6-20-8-14/h9-10H,5-8H2,1-4H3,(H2,15,16,17,18). The van der Waals surface area contributed by atoms with E-state index in [1.807, 2.05) is 7.05 Å². The second kappa shape index (κ2) is 6.37. The zero-order valence-electron chi connectivity index (χ0n) is 12.7. The molecule has 0 aliphatic carbocycles. The molecule has 1 aliphatic heterocycles. The van der Waals surface area contributed by atoms with Crippen molar-refractivity contribution in [2.75, 3.05) is 44.5 Å². The molecule has 0 spiro atoms. The topological polar surface area (TPSA) is 68.3 Å². The zero-order chi connectivity index (χ0) is 14.6. The lowest BCUT2D eigenvalue weighted by Gasteiger charge is -2.27. The Hall–Kier alpha value is -1.40. The molecule has 2 rings (SSSR count). The van der Waals surface area contributed by atoms with Crippen molar-refractivity contribution in [3.63, 3.8) is 0 Å². The van der Waals surface area contributed by atoms with Gasteiger partial charge in [-0.05, 0) is 5.92 Å². The molecule has 20 heavy (non-hydrogen) atoms. The predicted octanol–water partition coefficient (Wildman–Crippen LogP) is 1.86. The summed E-state index contributed by atoms with van der Waals surface area (Å²) in [5, 5.41) is 6.53. The Kier molecular flexibility index (Phi) is 4.77. The summed E-state index contributed by atoms with van der Waals surface area (Å²) in [6.45, 7) is 6.32. The van der Waals surface area contributed by atoms with Gasteiger partial charge in [-0.3, -0.25) is 0 Å². The summed E-state index contributed by atoms with van der Waals surface area (Å²) in [5.74, 6) is 2.06. The monoisotopic (exact) mass is 280 g/mol. The Morgan fingerprint density at radius 1 is 1.40 bits per heavy atom. The van der Waals surface area contributed by atoms with E-state index in [-0.39, 0.29) is 5.60 Å². The minimum absolute atomic E-state index is 0.251. The fourth-order valence-electron chi connectivity index (χ4n) is 2.49. The Balaban J connectivity index is 2.16. The van der Waals surface area contributed by atoms with Crippen LogP contribution in [0.1, 0.15) is 31.7 Å². The molecular formula is C14H24N4O2. The highest BCUT2D eigenvalue weighted by Gasteiger charge is 2.35. The van der Waals surface area contributed by atoms with Crippen LogP contribution >= 0.6 is 0 Å². The number of nitrogens with one attached hydrogen (secondary N) is 2. The minimum Gasteiger partial charge on any atom is -0.378 e. The number of nitrogens with zero attached hydrogens (tertiary/aromatic N) is 2. The molecule has 0 amide bonds. The van der Waals surface area contributed by atoms with E-state index in [1.54, 1.807) is 13.4 Å². The molecule has 1 unspecified atom stereocenters. The second-order valence-electron chi connectivity index (χ2n) is 5.43. The molecule has 6 heteroatoms. The van der Waals surface area contributed by atoms with E-state index in [1.165, 1.54) is 0 Å². The van der Waals surface area contributed by atoms with Gasteiger partial charge in [0.15, 0.2) is 0 Å². The molecule has 112 valence electrons. The highest BCUT2D eigenvalue weighted by molar-refractivity contribution is 5.58. The van der Waals surface area contributed by atoms with Crippen molar-refractivity contribution < 1.29 is 9.47 Å². The van der Waals surface area contributed by atoms with Gasteiger partial charge in [-0.15, -0.1) is 0 Å². The van der Waals surface area contributed by atoms with Crippen molar-refractivity contribution in [3.8, 4) is 0 Å². The summed E-state index contributed by atoms with van der Waals surface area (Å²) >= 11 is 0. The van der Waals surface area contributed by atoms with Crippen LogP contribution in [0.25, 0.3) is 0 Å². The molecule has 6 nitrogen and oxygen atoms in total. The van der Waals surface area contributed by atoms with Gasteiger partial charge >= 0.3 is 0 Å². The highest BCUT2D eigenvalue weighted by atomic mass is 16.5. The molecule has 1 aromatic heterocycles. The van der Waals surface area contributed by atoms with Gasteiger partial charge in [0.2, 0.25) is 0 Å². The lowest BCUT2D eigenvalue weighted by molar-refractivity contribution is -0.00626. The average molecular weight is 280 g/mol. The van der Waals surface area contributed by atoms with Crippen LogP contribution in [-0.2, 0) is 9.47 Å². The first kappa shape index (κ1) is 15.0. The van der Waals surface area contributed by atoms with Crippen LogP contribution in [-0.4, -0.2) is 49.5 Å². The summed E-state index contributed by atoms with van der Waals surface area (Å²) in [7, 11) is 3.61. The van der Waals surface area contributed by atoms with Crippen molar-refractivity contribution in [1.82, 2.24) is 9.97 Å². The number of hydrogen-bond donors (Lipinski definition) is 2. The van der Waals surface area contributed by atoms with Crippen molar-refractivity contribution in [1.29, 1.82) is 0 Å². The summed E-state index contributed by atoms with van der Waals surface area (Å²) < 4.78 is 11.1. The summed E-state index contributed by atoms with van der Waals surface area (Å²) in [5.41, 5.74) is 0.846. The molecule has 1 saturated heterocycles. The molecule has 1 aromatic rings. The number of hydrogen-bond acceptors (Lipinski definition) is 6. The largest absolute Gasteiger partial charge is 0.378 e. The van der Waals surface area contributed by atoms with E-state index >= 15 is 0 Å². The fourth-order valence-corrected chi connectivity index (χ4v) is 2.49. The van der Waals surface area contributed by atoms with Gasteiger partial charge in [-0.1, -0.05) is 13.8 Å². The Morgan fingerprint density at radius 2 is 2.15 bits per heavy atom. The number of anilines is 2. The molecule has 1 aliphatic rings. The van der Waals surface area contributed by atoms with Gasteiger partial charge in [-0.2, -0.15) is 0 Å². The summed E-state index contributed by atoms with van der Waals surface area (Å²) in [6, 6.07) is 0. The number of aromatic nitrogens is 2. The third kappa shape index (κ3) is 3.02. The lowest BCUT2D eigenvalue weighted by Crippen LogP contribution is -2.40. The van der Waals surface area contributed by atoms with Crippen LogP contribution < -0.4 is 10.6 Å². The summed E-state index contributed by atoms with van der Waals surface area (Å²) in [4.78, 5) is 8.65. The average Bonchev–Trinajstić information content (AvgIpc) is 2.93. The van der Waals surface area contributed by atoms with E-state index in [0.29, 0.717) is 19.1 Å². The third-order valence-electron chi connectivity index (χ3n) is 3.78. The maximum Gasteiger partial charge on any atom is 0.135 e. The van der Waals surface area contributed by atoms with E-state index in [9.17, 15) is 0 Å². The van der Waals surface area contributed by atoms with E-state index in [2.05, 4.69) is 34.4 Å². The van der Waals surface area contributed by atoms with E-state index in [0.717, 1.165) is 30.2 Å². The van der Waals surface area contributed by atoms with Crippen LogP contribution in [0.4, 0.5) is 11.6 Å². The second-order valence-corrected chi connectivity index (χ2v) is 5.43.